The van der Waals surface area contributed by atoms with E-state index in [0.717, 1.165) is 16.7 Å². The SMILES string of the molecule is Cc1cccc(COc2cccc(C(=O)N3CCc4ccc(S(N)(=O)=O)cc43)c2)c1. The first kappa shape index (κ1) is 20.1. The van der Waals surface area contributed by atoms with E-state index in [4.69, 9.17) is 9.88 Å². The third kappa shape index (κ3) is 4.22. The van der Waals surface area contributed by atoms with E-state index < -0.39 is 10.0 Å². The average molecular weight is 423 g/mol. The molecule has 6 nitrogen and oxygen atoms in total. The van der Waals surface area contributed by atoms with Crippen molar-refractivity contribution < 1.29 is 17.9 Å². The number of carbonyl (C=O) groups excluding carboxylic acids is 1. The highest BCUT2D eigenvalue weighted by atomic mass is 32.2. The minimum absolute atomic E-state index is 0.00353. The van der Waals surface area contributed by atoms with Crippen LogP contribution in [0, 0.1) is 6.92 Å². The molecule has 4 rings (SSSR count). The van der Waals surface area contributed by atoms with Crippen LogP contribution in [-0.4, -0.2) is 20.9 Å². The number of sulfonamides is 1. The molecular weight excluding hydrogens is 400 g/mol. The Labute approximate surface area is 176 Å². The number of hydrogen-bond acceptors (Lipinski definition) is 4. The summed E-state index contributed by atoms with van der Waals surface area (Å²) in [7, 11) is -3.84. The second-order valence-corrected chi connectivity index (χ2v) is 8.91. The molecule has 0 fully saturated rings. The standard InChI is InChI=1S/C23H22N2O4S/c1-16-4-2-5-17(12-16)15-29-20-7-3-6-19(13-20)23(26)25-11-10-18-8-9-21(14-22(18)25)30(24,27)28/h2-9,12-14H,10-11,15H2,1H3,(H2,24,27,28). The molecule has 2 N–H and O–H groups in total. The van der Waals surface area contributed by atoms with Gasteiger partial charge in [-0.1, -0.05) is 42.0 Å². The fourth-order valence-corrected chi connectivity index (χ4v) is 4.12. The summed E-state index contributed by atoms with van der Waals surface area (Å²) in [5.74, 6) is 0.390. The maximum atomic E-state index is 13.1. The summed E-state index contributed by atoms with van der Waals surface area (Å²) in [6.45, 7) is 2.91. The fraction of sp³-hybridized carbons (Fsp3) is 0.174. The highest BCUT2D eigenvalue weighted by molar-refractivity contribution is 7.89. The number of hydrogen-bond donors (Lipinski definition) is 1. The molecular formula is C23H22N2O4S. The van der Waals surface area contributed by atoms with Gasteiger partial charge in [0.2, 0.25) is 10.0 Å². The lowest BCUT2D eigenvalue weighted by Crippen LogP contribution is -2.29. The van der Waals surface area contributed by atoms with Crippen molar-refractivity contribution in [3.8, 4) is 5.75 Å². The number of rotatable bonds is 5. The molecule has 1 heterocycles. The second kappa shape index (κ2) is 7.93. The Kier molecular flexibility index (Phi) is 5.32. The first-order valence-electron chi connectivity index (χ1n) is 9.57. The molecule has 0 aromatic heterocycles. The zero-order chi connectivity index (χ0) is 21.3. The van der Waals surface area contributed by atoms with E-state index in [2.05, 4.69) is 6.07 Å². The summed E-state index contributed by atoms with van der Waals surface area (Å²) in [4.78, 5) is 14.7. The number of aryl methyl sites for hydroxylation is 1. The van der Waals surface area contributed by atoms with Crippen molar-refractivity contribution in [1.29, 1.82) is 0 Å². The van der Waals surface area contributed by atoms with Gasteiger partial charge in [-0.15, -0.1) is 0 Å². The Bertz CT molecular complexity index is 1220. The van der Waals surface area contributed by atoms with Gasteiger partial charge in [0.05, 0.1) is 4.90 Å². The molecule has 1 aliphatic heterocycles. The molecule has 1 aliphatic rings. The maximum absolute atomic E-state index is 13.1. The molecule has 0 radical (unpaired) electrons. The van der Waals surface area contributed by atoms with Gasteiger partial charge in [0.1, 0.15) is 12.4 Å². The van der Waals surface area contributed by atoms with Gasteiger partial charge >= 0.3 is 0 Å². The van der Waals surface area contributed by atoms with Gasteiger partial charge in [-0.2, -0.15) is 0 Å². The molecule has 0 saturated heterocycles. The monoisotopic (exact) mass is 422 g/mol. The number of benzene rings is 3. The van der Waals surface area contributed by atoms with Crippen LogP contribution in [0.15, 0.2) is 71.6 Å². The van der Waals surface area contributed by atoms with Crippen LogP contribution in [0.25, 0.3) is 0 Å². The predicted octanol–water partition coefficient (Wildman–Crippen LogP) is 3.42. The van der Waals surface area contributed by atoms with E-state index in [1.54, 1.807) is 29.2 Å². The van der Waals surface area contributed by atoms with Crippen LogP contribution in [0.4, 0.5) is 5.69 Å². The third-order valence-electron chi connectivity index (χ3n) is 5.09. The van der Waals surface area contributed by atoms with E-state index in [-0.39, 0.29) is 10.8 Å². The van der Waals surface area contributed by atoms with Crippen molar-refractivity contribution in [2.45, 2.75) is 24.8 Å². The number of fused-ring (bicyclic) bond motifs is 1. The molecule has 0 spiro atoms. The quantitative estimate of drug-likeness (QED) is 0.682. The first-order chi connectivity index (χ1) is 14.3. The Morgan fingerprint density at radius 1 is 1.07 bits per heavy atom. The lowest BCUT2D eigenvalue weighted by molar-refractivity contribution is 0.0989. The summed E-state index contributed by atoms with van der Waals surface area (Å²) >= 11 is 0. The van der Waals surface area contributed by atoms with E-state index >= 15 is 0 Å². The van der Waals surface area contributed by atoms with E-state index in [1.807, 2.05) is 31.2 Å². The molecule has 0 unspecified atom stereocenters. The molecule has 0 atom stereocenters. The number of primary sulfonamides is 1. The minimum Gasteiger partial charge on any atom is -0.489 e. The van der Waals surface area contributed by atoms with E-state index in [1.165, 1.54) is 12.1 Å². The number of carbonyl (C=O) groups is 1. The zero-order valence-corrected chi connectivity index (χ0v) is 17.4. The van der Waals surface area contributed by atoms with Gasteiger partial charge in [0.25, 0.3) is 5.91 Å². The van der Waals surface area contributed by atoms with E-state index in [0.29, 0.717) is 36.6 Å². The number of amides is 1. The van der Waals surface area contributed by atoms with Crippen LogP contribution < -0.4 is 14.8 Å². The molecule has 154 valence electrons. The molecule has 0 saturated carbocycles. The van der Waals surface area contributed by atoms with Gasteiger partial charge in [-0.3, -0.25) is 4.79 Å². The summed E-state index contributed by atoms with van der Waals surface area (Å²) in [6, 6.07) is 19.7. The van der Waals surface area contributed by atoms with Gasteiger partial charge < -0.3 is 9.64 Å². The second-order valence-electron chi connectivity index (χ2n) is 7.35. The topological polar surface area (TPSA) is 89.7 Å². The number of nitrogens with two attached hydrogens (primary N) is 1. The highest BCUT2D eigenvalue weighted by Crippen LogP contribution is 2.32. The van der Waals surface area contributed by atoms with Crippen LogP contribution in [-0.2, 0) is 23.1 Å². The zero-order valence-electron chi connectivity index (χ0n) is 16.5. The van der Waals surface area contributed by atoms with Gasteiger partial charge in [-0.25, -0.2) is 13.6 Å². The molecule has 3 aromatic carbocycles. The molecule has 0 bridgehead atoms. The van der Waals surface area contributed by atoms with Crippen molar-refractivity contribution in [3.05, 3.63) is 89.0 Å². The molecule has 3 aromatic rings. The summed E-state index contributed by atoms with van der Waals surface area (Å²) in [6.07, 6.45) is 0.662. The van der Waals surface area contributed by atoms with Crippen molar-refractivity contribution in [2.24, 2.45) is 5.14 Å². The normalized spacial score (nSPS) is 13.2. The van der Waals surface area contributed by atoms with Gasteiger partial charge in [0, 0.05) is 17.8 Å². The summed E-state index contributed by atoms with van der Waals surface area (Å²) in [5.41, 5.74) is 4.19. The Balaban J connectivity index is 1.55. The Hall–Kier alpha value is -3.16. The minimum atomic E-state index is -3.84. The van der Waals surface area contributed by atoms with Crippen LogP contribution in [0.5, 0.6) is 5.75 Å². The maximum Gasteiger partial charge on any atom is 0.258 e. The van der Waals surface area contributed by atoms with Crippen LogP contribution in [0.3, 0.4) is 0 Å². The smallest absolute Gasteiger partial charge is 0.258 e. The largest absolute Gasteiger partial charge is 0.489 e. The van der Waals surface area contributed by atoms with E-state index in [9.17, 15) is 13.2 Å². The van der Waals surface area contributed by atoms with Crippen LogP contribution >= 0.6 is 0 Å². The van der Waals surface area contributed by atoms with Crippen molar-refractivity contribution >= 4 is 21.6 Å². The highest BCUT2D eigenvalue weighted by Gasteiger charge is 2.27. The summed E-state index contributed by atoms with van der Waals surface area (Å²) in [5, 5.41) is 5.25. The number of anilines is 1. The lowest BCUT2D eigenvalue weighted by atomic mass is 10.1. The Morgan fingerprint density at radius 3 is 2.63 bits per heavy atom. The van der Waals surface area contributed by atoms with Crippen LogP contribution in [0.1, 0.15) is 27.0 Å². The van der Waals surface area contributed by atoms with Crippen LogP contribution in [0.2, 0.25) is 0 Å². The molecule has 7 heteroatoms. The van der Waals surface area contributed by atoms with Gasteiger partial charge in [0.15, 0.2) is 0 Å². The summed E-state index contributed by atoms with van der Waals surface area (Å²) < 4.78 is 29.3. The predicted molar refractivity (Wildman–Crippen MR) is 115 cm³/mol. The van der Waals surface area contributed by atoms with Crippen molar-refractivity contribution in [2.75, 3.05) is 11.4 Å². The lowest BCUT2D eigenvalue weighted by Gasteiger charge is -2.18. The average Bonchev–Trinajstić information content (AvgIpc) is 3.15. The molecule has 1 amide bonds. The number of nitrogens with zero attached hydrogens (tertiary/aromatic N) is 1. The molecule has 30 heavy (non-hydrogen) atoms. The Morgan fingerprint density at radius 2 is 1.87 bits per heavy atom. The third-order valence-corrected chi connectivity index (χ3v) is 6.01. The van der Waals surface area contributed by atoms with Gasteiger partial charge in [-0.05, 0) is 54.8 Å². The first-order valence-corrected chi connectivity index (χ1v) is 11.1. The molecule has 0 aliphatic carbocycles. The fourth-order valence-electron chi connectivity index (χ4n) is 3.59. The van der Waals surface area contributed by atoms with Crippen molar-refractivity contribution in [1.82, 2.24) is 0 Å². The number of ether oxygens (including phenoxy) is 1. The van der Waals surface area contributed by atoms with Crippen molar-refractivity contribution in [3.63, 3.8) is 0 Å².